The molecule has 1 aromatic rings. The number of halogens is 2. The first-order chi connectivity index (χ1) is 6.54. The van der Waals surface area contributed by atoms with Gasteiger partial charge in [0, 0.05) is 16.5 Å². The summed E-state index contributed by atoms with van der Waals surface area (Å²) in [6.07, 6.45) is -0.142. The summed E-state index contributed by atoms with van der Waals surface area (Å²) in [6, 6.07) is 3.08. The predicted octanol–water partition coefficient (Wildman–Crippen LogP) is 2.52. The summed E-state index contributed by atoms with van der Waals surface area (Å²) < 4.78 is 18.9. The van der Waals surface area contributed by atoms with Crippen LogP contribution in [-0.2, 0) is 6.42 Å². The normalized spacial score (nSPS) is 12.6. The highest BCUT2D eigenvalue weighted by Gasteiger charge is 2.12. The standard InChI is InChI=1S/C10H12BrFO2/c1-6(13)3-7-4-8(11)5-9(12)10(7)14-2/h4-6,13H,3H2,1-2H3. The molecule has 0 saturated carbocycles. The highest BCUT2D eigenvalue weighted by Crippen LogP contribution is 2.27. The Morgan fingerprint density at radius 2 is 2.21 bits per heavy atom. The van der Waals surface area contributed by atoms with Gasteiger partial charge in [-0.25, -0.2) is 4.39 Å². The van der Waals surface area contributed by atoms with Gasteiger partial charge in [0.15, 0.2) is 11.6 Å². The maximum atomic E-state index is 13.3. The second-order valence-electron chi connectivity index (χ2n) is 3.13. The van der Waals surface area contributed by atoms with E-state index in [1.807, 2.05) is 0 Å². The van der Waals surface area contributed by atoms with Crippen LogP contribution in [0, 0.1) is 5.82 Å². The first kappa shape index (κ1) is 11.5. The zero-order valence-electron chi connectivity index (χ0n) is 8.05. The molecule has 1 rings (SSSR count). The lowest BCUT2D eigenvalue weighted by Crippen LogP contribution is -2.06. The minimum Gasteiger partial charge on any atom is -0.493 e. The molecule has 0 spiro atoms. The molecule has 14 heavy (non-hydrogen) atoms. The largest absolute Gasteiger partial charge is 0.493 e. The van der Waals surface area contributed by atoms with Crippen LogP contribution in [0.2, 0.25) is 0 Å². The Bertz CT molecular complexity index is 326. The van der Waals surface area contributed by atoms with Crippen LogP contribution in [0.25, 0.3) is 0 Å². The van der Waals surface area contributed by atoms with Crippen molar-refractivity contribution in [3.63, 3.8) is 0 Å². The van der Waals surface area contributed by atoms with Crippen molar-refractivity contribution in [1.82, 2.24) is 0 Å². The first-order valence-electron chi connectivity index (χ1n) is 4.24. The predicted molar refractivity (Wildman–Crippen MR) is 56.0 cm³/mol. The van der Waals surface area contributed by atoms with Crippen molar-refractivity contribution in [1.29, 1.82) is 0 Å². The Morgan fingerprint density at radius 3 is 2.71 bits per heavy atom. The molecule has 0 bridgehead atoms. The third-order valence-electron chi connectivity index (χ3n) is 1.80. The smallest absolute Gasteiger partial charge is 0.166 e. The summed E-state index contributed by atoms with van der Waals surface area (Å²) in [5, 5.41) is 9.21. The van der Waals surface area contributed by atoms with Crippen molar-refractivity contribution < 1.29 is 14.2 Å². The van der Waals surface area contributed by atoms with Gasteiger partial charge in [-0.3, -0.25) is 0 Å². The van der Waals surface area contributed by atoms with Crippen molar-refractivity contribution in [3.05, 3.63) is 28.0 Å². The molecular weight excluding hydrogens is 251 g/mol. The third kappa shape index (κ3) is 2.69. The Hall–Kier alpha value is -0.610. The Kier molecular flexibility index (Phi) is 3.89. The lowest BCUT2D eigenvalue weighted by Gasteiger charge is -2.11. The van der Waals surface area contributed by atoms with Gasteiger partial charge in [0.1, 0.15) is 0 Å². The van der Waals surface area contributed by atoms with Crippen LogP contribution in [0.4, 0.5) is 4.39 Å². The van der Waals surface area contributed by atoms with Gasteiger partial charge in [-0.2, -0.15) is 0 Å². The lowest BCUT2D eigenvalue weighted by atomic mass is 10.1. The van der Waals surface area contributed by atoms with Gasteiger partial charge in [0.2, 0.25) is 0 Å². The van der Waals surface area contributed by atoms with Crippen LogP contribution in [0.3, 0.4) is 0 Å². The molecule has 4 heteroatoms. The van der Waals surface area contributed by atoms with Gasteiger partial charge in [0.05, 0.1) is 13.2 Å². The van der Waals surface area contributed by atoms with E-state index in [0.717, 1.165) is 0 Å². The number of ether oxygens (including phenoxy) is 1. The molecular formula is C10H12BrFO2. The van der Waals surface area contributed by atoms with Gasteiger partial charge < -0.3 is 9.84 Å². The number of hydrogen-bond acceptors (Lipinski definition) is 2. The average molecular weight is 263 g/mol. The van der Waals surface area contributed by atoms with E-state index in [1.54, 1.807) is 13.0 Å². The van der Waals surface area contributed by atoms with E-state index in [-0.39, 0.29) is 5.75 Å². The van der Waals surface area contributed by atoms with E-state index in [0.29, 0.717) is 16.5 Å². The minimum absolute atomic E-state index is 0.203. The van der Waals surface area contributed by atoms with Crippen molar-refractivity contribution in [3.8, 4) is 5.75 Å². The maximum Gasteiger partial charge on any atom is 0.166 e. The van der Waals surface area contributed by atoms with Gasteiger partial charge in [0.25, 0.3) is 0 Å². The highest BCUT2D eigenvalue weighted by atomic mass is 79.9. The molecule has 0 heterocycles. The monoisotopic (exact) mass is 262 g/mol. The van der Waals surface area contributed by atoms with E-state index in [9.17, 15) is 9.50 Å². The molecule has 0 aromatic heterocycles. The van der Waals surface area contributed by atoms with Crippen molar-refractivity contribution in [2.24, 2.45) is 0 Å². The van der Waals surface area contributed by atoms with E-state index in [4.69, 9.17) is 4.74 Å². The molecule has 0 aliphatic carbocycles. The number of hydrogen-bond donors (Lipinski definition) is 1. The van der Waals surface area contributed by atoms with E-state index < -0.39 is 11.9 Å². The molecule has 0 aliphatic heterocycles. The summed E-state index contributed by atoms with van der Waals surface area (Å²) in [5.74, 6) is -0.216. The summed E-state index contributed by atoms with van der Waals surface area (Å²) in [5.41, 5.74) is 0.661. The van der Waals surface area contributed by atoms with E-state index >= 15 is 0 Å². The molecule has 1 aromatic carbocycles. The van der Waals surface area contributed by atoms with Crippen LogP contribution in [0.1, 0.15) is 12.5 Å². The second kappa shape index (κ2) is 4.75. The average Bonchev–Trinajstić information content (AvgIpc) is 2.01. The van der Waals surface area contributed by atoms with Gasteiger partial charge in [-0.05, 0) is 19.1 Å². The van der Waals surface area contributed by atoms with Crippen LogP contribution in [0.15, 0.2) is 16.6 Å². The Morgan fingerprint density at radius 1 is 1.57 bits per heavy atom. The molecule has 0 fully saturated rings. The third-order valence-corrected chi connectivity index (χ3v) is 2.26. The summed E-state index contributed by atoms with van der Waals surface area (Å²) in [7, 11) is 1.41. The second-order valence-corrected chi connectivity index (χ2v) is 4.05. The molecule has 1 atom stereocenters. The molecule has 2 nitrogen and oxygen atoms in total. The van der Waals surface area contributed by atoms with Crippen LogP contribution in [0.5, 0.6) is 5.75 Å². The van der Waals surface area contributed by atoms with Gasteiger partial charge >= 0.3 is 0 Å². The molecule has 0 saturated heterocycles. The zero-order chi connectivity index (χ0) is 10.7. The number of rotatable bonds is 3. The number of benzene rings is 1. The maximum absolute atomic E-state index is 13.3. The van der Waals surface area contributed by atoms with Gasteiger partial charge in [-0.1, -0.05) is 15.9 Å². The van der Waals surface area contributed by atoms with Crippen LogP contribution in [-0.4, -0.2) is 18.3 Å². The van der Waals surface area contributed by atoms with Crippen LogP contribution >= 0.6 is 15.9 Å². The van der Waals surface area contributed by atoms with Crippen LogP contribution < -0.4 is 4.74 Å². The summed E-state index contributed by atoms with van der Waals surface area (Å²) in [6.45, 7) is 1.65. The van der Waals surface area contributed by atoms with E-state index in [2.05, 4.69) is 15.9 Å². The summed E-state index contributed by atoms with van der Waals surface area (Å²) in [4.78, 5) is 0. The lowest BCUT2D eigenvalue weighted by molar-refractivity contribution is 0.194. The van der Waals surface area contributed by atoms with E-state index in [1.165, 1.54) is 13.2 Å². The fraction of sp³-hybridized carbons (Fsp3) is 0.400. The van der Waals surface area contributed by atoms with Crippen molar-refractivity contribution >= 4 is 15.9 Å². The minimum atomic E-state index is -0.516. The molecule has 0 aliphatic rings. The number of aliphatic hydroxyl groups is 1. The first-order valence-corrected chi connectivity index (χ1v) is 5.04. The van der Waals surface area contributed by atoms with Gasteiger partial charge in [-0.15, -0.1) is 0 Å². The van der Waals surface area contributed by atoms with Crippen molar-refractivity contribution in [2.75, 3.05) is 7.11 Å². The molecule has 1 unspecified atom stereocenters. The Labute approximate surface area is 90.8 Å². The fourth-order valence-corrected chi connectivity index (χ4v) is 1.79. The zero-order valence-corrected chi connectivity index (χ0v) is 9.64. The molecule has 0 amide bonds. The highest BCUT2D eigenvalue weighted by molar-refractivity contribution is 9.10. The molecule has 0 radical (unpaired) electrons. The Balaban J connectivity index is 3.11. The topological polar surface area (TPSA) is 29.5 Å². The molecule has 1 N–H and O–H groups in total. The SMILES string of the molecule is COc1c(F)cc(Br)cc1CC(C)O. The van der Waals surface area contributed by atoms with Crippen molar-refractivity contribution in [2.45, 2.75) is 19.4 Å². The molecule has 78 valence electrons. The quantitative estimate of drug-likeness (QED) is 0.907. The number of aliphatic hydroxyl groups excluding tert-OH is 1. The fourth-order valence-electron chi connectivity index (χ4n) is 1.31. The number of methoxy groups -OCH3 is 1. The summed E-state index contributed by atoms with van der Waals surface area (Å²) >= 11 is 3.19.